The SMILES string of the molecule is Cc1cccc2c1c1c(n2C2=C=C=CCC2)=CC[C@@H](c2ccc3c(c2)c2ccccc2n3C2=CC(C3=CCC(c4ccccc4)C=C3)=CCC2)C=1. The van der Waals surface area contributed by atoms with Crippen LogP contribution in [0.25, 0.3) is 56.3 Å². The van der Waals surface area contributed by atoms with E-state index in [9.17, 15) is 0 Å². The van der Waals surface area contributed by atoms with Gasteiger partial charge in [-0.1, -0.05) is 109 Å². The summed E-state index contributed by atoms with van der Waals surface area (Å²) in [5.74, 6) is 0.762. The van der Waals surface area contributed by atoms with Gasteiger partial charge < -0.3 is 9.13 Å². The molecule has 0 bridgehead atoms. The van der Waals surface area contributed by atoms with E-state index in [1.165, 1.54) is 82.5 Å². The van der Waals surface area contributed by atoms with Crippen molar-refractivity contribution in [1.82, 2.24) is 9.13 Å². The molecule has 2 nitrogen and oxygen atoms in total. The lowest BCUT2D eigenvalue weighted by atomic mass is 9.87. The molecule has 2 heteroatoms. The summed E-state index contributed by atoms with van der Waals surface area (Å²) in [6.45, 7) is 2.25. The van der Waals surface area contributed by atoms with Gasteiger partial charge in [0.2, 0.25) is 0 Å². The van der Waals surface area contributed by atoms with Crippen LogP contribution in [0.5, 0.6) is 0 Å². The predicted molar refractivity (Wildman–Crippen MR) is 215 cm³/mol. The minimum absolute atomic E-state index is 0.312. The van der Waals surface area contributed by atoms with Crippen LogP contribution >= 0.6 is 0 Å². The van der Waals surface area contributed by atoms with E-state index >= 15 is 0 Å². The Morgan fingerprint density at radius 2 is 1.51 bits per heavy atom. The second-order valence-corrected chi connectivity index (χ2v) is 14.5. The number of para-hydroxylation sites is 1. The molecule has 6 aromatic rings. The van der Waals surface area contributed by atoms with Gasteiger partial charge in [0.05, 0.1) is 27.6 Å². The van der Waals surface area contributed by atoms with Crippen molar-refractivity contribution < 1.29 is 0 Å². The van der Waals surface area contributed by atoms with E-state index in [2.05, 4.69) is 167 Å². The van der Waals surface area contributed by atoms with Crippen LogP contribution in [-0.2, 0) is 0 Å². The number of nitrogens with zero attached hydrogens (tertiary/aromatic N) is 2. The topological polar surface area (TPSA) is 9.86 Å². The molecule has 0 amide bonds. The zero-order valence-corrected chi connectivity index (χ0v) is 29.1. The lowest BCUT2D eigenvalue weighted by molar-refractivity contribution is 0.846. The van der Waals surface area contributed by atoms with Gasteiger partial charge in [-0.25, -0.2) is 0 Å². The molecular weight excluding hydrogens is 617 g/mol. The van der Waals surface area contributed by atoms with Crippen LogP contribution in [-0.4, -0.2) is 9.13 Å². The smallest absolute Gasteiger partial charge is 0.0742 e. The number of aryl methyl sites for hydroxylation is 1. The van der Waals surface area contributed by atoms with Crippen molar-refractivity contribution in [3.05, 3.63) is 177 Å². The maximum absolute atomic E-state index is 3.45. The van der Waals surface area contributed by atoms with E-state index in [4.69, 9.17) is 0 Å². The average molecular weight is 657 g/mol. The first-order valence-electron chi connectivity index (χ1n) is 18.6. The van der Waals surface area contributed by atoms with E-state index in [0.717, 1.165) is 38.5 Å². The zero-order chi connectivity index (χ0) is 33.9. The Morgan fingerprint density at radius 3 is 2.37 bits per heavy atom. The fourth-order valence-corrected chi connectivity index (χ4v) is 8.99. The molecule has 2 atom stereocenters. The minimum atomic E-state index is 0.312. The number of hydrogen-bond donors (Lipinski definition) is 0. The van der Waals surface area contributed by atoms with Crippen molar-refractivity contribution in [2.24, 2.45) is 0 Å². The van der Waals surface area contributed by atoms with E-state index in [1.54, 1.807) is 0 Å². The van der Waals surface area contributed by atoms with Gasteiger partial charge in [-0.2, -0.15) is 0 Å². The van der Waals surface area contributed by atoms with Crippen LogP contribution in [0.3, 0.4) is 0 Å². The molecule has 51 heavy (non-hydrogen) atoms. The molecule has 0 radical (unpaired) electrons. The molecule has 10 rings (SSSR count). The van der Waals surface area contributed by atoms with Gasteiger partial charge in [-0.3, -0.25) is 0 Å². The van der Waals surface area contributed by atoms with E-state index in [1.807, 2.05) is 0 Å². The highest BCUT2D eigenvalue weighted by atomic mass is 15.0. The maximum atomic E-state index is 3.45. The molecule has 0 saturated heterocycles. The Kier molecular flexibility index (Phi) is 7.21. The van der Waals surface area contributed by atoms with Gasteiger partial charge in [0.25, 0.3) is 0 Å². The summed E-state index contributed by atoms with van der Waals surface area (Å²) >= 11 is 0. The molecule has 2 aromatic heterocycles. The maximum Gasteiger partial charge on any atom is 0.0742 e. The Labute approximate surface area is 299 Å². The number of benzene rings is 4. The summed E-state index contributed by atoms with van der Waals surface area (Å²) in [6, 6.07) is 33.8. The zero-order valence-electron chi connectivity index (χ0n) is 29.1. The lowest BCUT2D eigenvalue weighted by Crippen LogP contribution is -2.32. The number of aromatic nitrogens is 2. The first-order chi connectivity index (χ1) is 25.2. The minimum Gasteiger partial charge on any atom is -0.313 e. The average Bonchev–Trinajstić information content (AvgIpc) is 3.71. The molecule has 0 spiro atoms. The molecule has 246 valence electrons. The fraction of sp³-hybridized carbons (Fsp3) is 0.184. The summed E-state index contributed by atoms with van der Waals surface area (Å²) in [7, 11) is 0. The normalized spacial score (nSPS) is 19.7. The number of rotatable bonds is 5. The number of hydrogen-bond acceptors (Lipinski definition) is 0. The fourth-order valence-electron chi connectivity index (χ4n) is 8.99. The van der Waals surface area contributed by atoms with Gasteiger partial charge in [0, 0.05) is 45.3 Å². The summed E-state index contributed by atoms with van der Waals surface area (Å²) in [4.78, 5) is 0. The van der Waals surface area contributed by atoms with Crippen molar-refractivity contribution in [3.63, 3.8) is 0 Å². The molecule has 0 fully saturated rings. The van der Waals surface area contributed by atoms with E-state index < -0.39 is 0 Å². The molecular formula is C49H40N2. The molecule has 4 aromatic carbocycles. The van der Waals surface area contributed by atoms with Crippen molar-refractivity contribution in [1.29, 1.82) is 0 Å². The molecule has 2 heterocycles. The number of allylic oxidation sites excluding steroid dienone is 10. The lowest BCUT2D eigenvalue weighted by Gasteiger charge is -2.21. The standard InChI is InChI=1S/C49H40N2/c1-33-12-10-21-48-49(33)44-32-39(27-29-47(44)50(48)40-16-6-3-7-17-40)38-26-28-46-43(31-38)42-19-8-9-20-45(42)51(46)41-18-11-15-37(30-41)36-24-22-35(23-25-36)34-13-4-2-5-14-34/h2-5,8-10,12-15,19-22,24-26,28-32,35,39H,6,11,16,18,23,27H2,1H3/t35?,39-/m1/s1. The third-order valence-corrected chi connectivity index (χ3v) is 11.5. The third kappa shape index (κ3) is 5.03. The second-order valence-electron chi connectivity index (χ2n) is 14.5. The Balaban J connectivity index is 1.04. The summed E-state index contributed by atoms with van der Waals surface area (Å²) in [5.41, 5.74) is 19.9. The van der Waals surface area contributed by atoms with Crippen LogP contribution in [0.4, 0.5) is 0 Å². The summed E-state index contributed by atoms with van der Waals surface area (Å²) in [5, 5.41) is 6.70. The van der Waals surface area contributed by atoms with Crippen molar-refractivity contribution >= 4 is 56.3 Å². The summed E-state index contributed by atoms with van der Waals surface area (Å²) < 4.78 is 4.98. The Morgan fingerprint density at radius 1 is 0.667 bits per heavy atom. The molecule has 0 saturated carbocycles. The van der Waals surface area contributed by atoms with Gasteiger partial charge in [0.15, 0.2) is 0 Å². The highest BCUT2D eigenvalue weighted by Gasteiger charge is 2.22. The Bertz CT molecular complexity index is 2780. The Hall–Kier alpha value is -5.78. The van der Waals surface area contributed by atoms with E-state index in [0.29, 0.717) is 11.8 Å². The molecule has 4 aliphatic carbocycles. The largest absolute Gasteiger partial charge is 0.313 e. The first kappa shape index (κ1) is 30.1. The summed E-state index contributed by atoms with van der Waals surface area (Å²) in [6.07, 6.45) is 25.2. The quantitative estimate of drug-likeness (QED) is 0.163. The molecule has 0 N–H and O–H groups in total. The third-order valence-electron chi connectivity index (χ3n) is 11.5. The van der Waals surface area contributed by atoms with Crippen molar-refractivity contribution in [3.8, 4) is 0 Å². The van der Waals surface area contributed by atoms with Gasteiger partial charge >= 0.3 is 0 Å². The van der Waals surface area contributed by atoms with Gasteiger partial charge in [0.1, 0.15) is 0 Å². The number of fused-ring (bicyclic) bond motifs is 6. The highest BCUT2D eigenvalue weighted by Crippen LogP contribution is 2.39. The molecule has 0 aliphatic heterocycles. The second kappa shape index (κ2) is 12.2. The van der Waals surface area contributed by atoms with Crippen LogP contribution in [0.2, 0.25) is 0 Å². The van der Waals surface area contributed by atoms with Crippen LogP contribution in [0.15, 0.2) is 150 Å². The first-order valence-corrected chi connectivity index (χ1v) is 18.6. The van der Waals surface area contributed by atoms with Crippen molar-refractivity contribution in [2.75, 3.05) is 0 Å². The highest BCUT2D eigenvalue weighted by molar-refractivity contribution is 6.10. The predicted octanol–water partition coefficient (Wildman–Crippen LogP) is 11.0. The molecule has 4 aliphatic rings. The monoisotopic (exact) mass is 656 g/mol. The van der Waals surface area contributed by atoms with Crippen LogP contribution in [0, 0.1) is 6.92 Å². The van der Waals surface area contributed by atoms with Gasteiger partial charge in [-0.15, -0.1) is 0 Å². The van der Waals surface area contributed by atoms with Crippen molar-refractivity contribution in [2.45, 2.75) is 57.3 Å². The van der Waals surface area contributed by atoms with Gasteiger partial charge in [-0.05, 0) is 109 Å². The van der Waals surface area contributed by atoms with Crippen LogP contribution in [0.1, 0.15) is 67.1 Å². The molecule has 1 unspecified atom stereocenters. The van der Waals surface area contributed by atoms with Crippen LogP contribution < -0.4 is 10.6 Å². The van der Waals surface area contributed by atoms with E-state index in [-0.39, 0.29) is 0 Å².